The predicted octanol–water partition coefficient (Wildman–Crippen LogP) is 6.18. The lowest BCUT2D eigenvalue weighted by molar-refractivity contribution is -0.468. The molecule has 30 heteroatoms. The summed E-state index contributed by atoms with van der Waals surface area (Å²) in [6, 6.07) is 0. The molecular formula is C31H45F19O11. The normalized spacial score (nSPS) is 14.4. The second kappa shape index (κ2) is 26.9. The zero-order valence-electron chi connectivity index (χ0n) is 31.8. The Morgan fingerprint density at radius 2 is 0.410 bits per heavy atom. The van der Waals surface area contributed by atoms with Crippen LogP contribution in [0.2, 0.25) is 0 Å². The van der Waals surface area contributed by atoms with Crippen LogP contribution in [0.15, 0.2) is 0 Å². The minimum Gasteiger partial charge on any atom is -0.394 e. The van der Waals surface area contributed by atoms with E-state index in [4.69, 9.17) is 47.7 Å². The molecule has 0 aliphatic heterocycles. The van der Waals surface area contributed by atoms with Gasteiger partial charge in [-0.3, -0.25) is 0 Å². The predicted molar refractivity (Wildman–Crippen MR) is 166 cm³/mol. The van der Waals surface area contributed by atoms with E-state index in [1.807, 2.05) is 0 Å². The molecule has 0 aliphatic carbocycles. The maximum absolute atomic E-state index is 13.9. The van der Waals surface area contributed by atoms with Crippen LogP contribution in [0, 0.1) is 0 Å². The highest BCUT2D eigenvalue weighted by Crippen LogP contribution is 2.65. The molecule has 0 unspecified atom stereocenters. The topological polar surface area (TPSA) is 113 Å². The Balaban J connectivity index is 4.21. The van der Waals surface area contributed by atoms with E-state index in [1.165, 1.54) is 0 Å². The summed E-state index contributed by atoms with van der Waals surface area (Å²) in [6.07, 6.45) is -10.7. The maximum atomic E-state index is 13.9. The number of hydrogen-bond acceptors (Lipinski definition) is 11. The first-order chi connectivity index (χ1) is 28.1. The Morgan fingerprint density at radius 3 is 0.623 bits per heavy atom. The molecular weight excluding hydrogens is 909 g/mol. The van der Waals surface area contributed by atoms with Gasteiger partial charge < -0.3 is 52.5 Å². The van der Waals surface area contributed by atoms with E-state index in [-0.39, 0.29) is 66.1 Å². The second-order valence-electron chi connectivity index (χ2n) is 11.8. The molecule has 0 rings (SSSR count). The molecule has 0 heterocycles. The third kappa shape index (κ3) is 16.9. The van der Waals surface area contributed by atoms with Crippen LogP contribution in [0.3, 0.4) is 0 Å². The Hall–Kier alpha value is -1.77. The molecule has 368 valence electrons. The average molecular weight is 955 g/mol. The fourth-order valence-electron chi connectivity index (χ4n) is 3.90. The number of hydrogen-bond donors (Lipinski definition) is 1. The molecule has 11 nitrogen and oxygen atoms in total. The molecule has 0 aliphatic rings. The van der Waals surface area contributed by atoms with Gasteiger partial charge in [-0.25, -0.2) is 0 Å². The van der Waals surface area contributed by atoms with Gasteiger partial charge in [0.15, 0.2) is 0 Å². The van der Waals surface area contributed by atoms with Crippen molar-refractivity contribution in [1.29, 1.82) is 0 Å². The van der Waals surface area contributed by atoms with Crippen molar-refractivity contribution in [2.45, 2.75) is 60.0 Å². The van der Waals surface area contributed by atoms with Gasteiger partial charge in [0.25, 0.3) is 0 Å². The van der Waals surface area contributed by atoms with Gasteiger partial charge in [0.05, 0.1) is 139 Å². The first-order valence-corrected chi connectivity index (χ1v) is 17.5. The van der Waals surface area contributed by atoms with Crippen molar-refractivity contribution in [3.05, 3.63) is 0 Å². The number of rotatable bonds is 39. The van der Waals surface area contributed by atoms with Crippen LogP contribution in [0.25, 0.3) is 0 Å². The van der Waals surface area contributed by atoms with Crippen molar-refractivity contribution in [3.8, 4) is 0 Å². The van der Waals surface area contributed by atoms with Crippen molar-refractivity contribution >= 4 is 0 Å². The van der Waals surface area contributed by atoms with Crippen LogP contribution in [-0.4, -0.2) is 197 Å². The lowest BCUT2D eigenvalue weighted by Crippen LogP contribution is -2.75. The summed E-state index contributed by atoms with van der Waals surface area (Å²) in [5.41, 5.74) is 0. The number of alkyl halides is 19. The molecule has 0 aromatic rings. The minimum atomic E-state index is -8.95. The van der Waals surface area contributed by atoms with Crippen LogP contribution in [-0.2, 0) is 47.4 Å². The van der Waals surface area contributed by atoms with Crippen LogP contribution in [0.4, 0.5) is 83.4 Å². The van der Waals surface area contributed by atoms with Gasteiger partial charge in [0.1, 0.15) is 0 Å². The van der Waals surface area contributed by atoms with Crippen LogP contribution in [0.1, 0.15) is 6.42 Å². The first kappa shape index (κ1) is 59.2. The van der Waals surface area contributed by atoms with Crippen molar-refractivity contribution in [2.24, 2.45) is 0 Å². The van der Waals surface area contributed by atoms with Crippen molar-refractivity contribution in [1.82, 2.24) is 0 Å². The van der Waals surface area contributed by atoms with Gasteiger partial charge in [0.2, 0.25) is 0 Å². The summed E-state index contributed by atoms with van der Waals surface area (Å²) in [5, 5.41) is 8.55. The molecule has 0 saturated heterocycles. The maximum Gasteiger partial charge on any atom is 0.460 e. The Morgan fingerprint density at radius 1 is 0.230 bits per heavy atom. The second-order valence-corrected chi connectivity index (χ2v) is 11.8. The van der Waals surface area contributed by atoms with E-state index in [0.29, 0.717) is 52.9 Å². The SMILES string of the molecule is OCCOCCOCCOCCOCCOCCOCCOCCOCCOCCOCCC(F)(F)C(F)(F)C(F)(F)C(F)(F)C(F)(F)C(F)(F)C(F)(F)C(F)(F)C(F)(F)F. The third-order valence-electron chi connectivity index (χ3n) is 7.33. The molecule has 0 aromatic heterocycles. The largest absolute Gasteiger partial charge is 0.460 e. The van der Waals surface area contributed by atoms with E-state index >= 15 is 0 Å². The zero-order valence-corrected chi connectivity index (χ0v) is 31.8. The van der Waals surface area contributed by atoms with Crippen LogP contribution < -0.4 is 0 Å². The standard InChI is InChI=1S/C31H45F19O11/c32-23(33,24(34,35)25(36,37)26(38,39)27(40,41)28(42,43)29(44,45)30(46,47)31(48,49)50)1-3-52-5-7-54-9-11-56-13-15-58-17-19-60-21-22-61-20-18-59-16-14-57-12-10-55-8-6-53-4-2-51/h51H,1-22H2. The van der Waals surface area contributed by atoms with Crippen molar-refractivity contribution < 1.29 is 136 Å². The first-order valence-electron chi connectivity index (χ1n) is 17.5. The molecule has 0 fully saturated rings. The summed E-state index contributed by atoms with van der Waals surface area (Å²) < 4.78 is 305. The Bertz CT molecular complexity index is 1150. The summed E-state index contributed by atoms with van der Waals surface area (Å²) in [6.45, 7) is 0.775. The van der Waals surface area contributed by atoms with E-state index < -0.39 is 79.8 Å². The number of ether oxygens (including phenoxy) is 10. The molecule has 0 amide bonds. The summed E-state index contributed by atoms with van der Waals surface area (Å²) >= 11 is 0. The number of aliphatic hydroxyl groups is 1. The van der Waals surface area contributed by atoms with Crippen LogP contribution in [0.5, 0.6) is 0 Å². The highest BCUT2D eigenvalue weighted by molar-refractivity contribution is 5.16. The molecule has 0 spiro atoms. The van der Waals surface area contributed by atoms with Crippen molar-refractivity contribution in [3.63, 3.8) is 0 Å². The summed E-state index contributed by atoms with van der Waals surface area (Å²) in [4.78, 5) is 0. The highest BCUT2D eigenvalue weighted by atomic mass is 19.4. The molecule has 0 aromatic carbocycles. The fraction of sp³-hybridized carbons (Fsp3) is 1.00. The van der Waals surface area contributed by atoms with Gasteiger partial charge in [-0.05, 0) is 0 Å². The lowest BCUT2D eigenvalue weighted by atomic mass is 9.87. The summed E-state index contributed by atoms with van der Waals surface area (Å²) in [7, 11) is 0. The van der Waals surface area contributed by atoms with Gasteiger partial charge in [-0.15, -0.1) is 0 Å². The Kier molecular flexibility index (Phi) is 26.1. The number of halogens is 19. The number of aliphatic hydroxyl groups excluding tert-OH is 1. The monoisotopic (exact) mass is 954 g/mol. The average Bonchev–Trinajstić information content (AvgIpc) is 3.15. The van der Waals surface area contributed by atoms with Gasteiger partial charge in [0, 0.05) is 6.42 Å². The lowest BCUT2D eigenvalue weighted by Gasteiger charge is -2.43. The molecule has 0 saturated carbocycles. The van der Waals surface area contributed by atoms with E-state index in [1.54, 1.807) is 0 Å². The third-order valence-corrected chi connectivity index (χ3v) is 7.33. The quantitative estimate of drug-likeness (QED) is 0.0564. The minimum absolute atomic E-state index is 0.0440. The molecule has 61 heavy (non-hydrogen) atoms. The van der Waals surface area contributed by atoms with E-state index in [2.05, 4.69) is 4.74 Å². The van der Waals surface area contributed by atoms with Crippen molar-refractivity contribution in [2.75, 3.05) is 139 Å². The van der Waals surface area contributed by atoms with Gasteiger partial charge in [-0.2, -0.15) is 83.4 Å². The molecule has 0 atom stereocenters. The fourth-order valence-corrected chi connectivity index (χ4v) is 3.90. The van der Waals surface area contributed by atoms with Gasteiger partial charge >= 0.3 is 53.6 Å². The molecule has 0 bridgehead atoms. The van der Waals surface area contributed by atoms with Gasteiger partial charge in [-0.1, -0.05) is 0 Å². The van der Waals surface area contributed by atoms with E-state index in [0.717, 1.165) is 0 Å². The highest BCUT2D eigenvalue weighted by Gasteiger charge is 2.96. The Labute approximate surface area is 335 Å². The summed E-state index contributed by atoms with van der Waals surface area (Å²) in [5.74, 6) is -66.8. The van der Waals surface area contributed by atoms with E-state index in [9.17, 15) is 83.4 Å². The smallest absolute Gasteiger partial charge is 0.394 e. The molecule has 1 N–H and O–H groups in total. The zero-order chi connectivity index (χ0) is 47.1. The van der Waals surface area contributed by atoms with Crippen LogP contribution >= 0.6 is 0 Å². The molecule has 0 radical (unpaired) electrons.